The molecule has 7 heteroatoms. The molecule has 2 aliphatic rings. The summed E-state index contributed by atoms with van der Waals surface area (Å²) in [4.78, 5) is 16.4. The molecule has 2 atom stereocenters. The summed E-state index contributed by atoms with van der Waals surface area (Å²) in [5, 5.41) is 9.02. The van der Waals surface area contributed by atoms with Crippen molar-refractivity contribution in [3.63, 3.8) is 0 Å². The number of likely N-dealkylation sites (tertiary alicyclic amines) is 1. The third-order valence-electron chi connectivity index (χ3n) is 4.99. The van der Waals surface area contributed by atoms with Crippen LogP contribution < -0.4 is 4.90 Å². The van der Waals surface area contributed by atoms with Crippen molar-refractivity contribution in [1.82, 2.24) is 4.90 Å². The number of likely N-dealkylation sites (N-methyl/N-ethyl adjacent to an activating group) is 1. The molecule has 2 fully saturated rings. The second kappa shape index (κ2) is 6.44. The molecule has 1 amide bonds. The highest BCUT2D eigenvalue weighted by Gasteiger charge is 2.38. The maximum atomic E-state index is 12.5. The number of sulfone groups is 1. The van der Waals surface area contributed by atoms with Crippen LogP contribution in [0, 0.1) is 17.2 Å². The molecular formula is C17H21N3O3S. The molecule has 0 aromatic heterocycles. The van der Waals surface area contributed by atoms with Crippen molar-refractivity contribution in [2.24, 2.45) is 5.92 Å². The van der Waals surface area contributed by atoms with Crippen molar-refractivity contribution in [3.05, 3.63) is 29.8 Å². The van der Waals surface area contributed by atoms with Crippen molar-refractivity contribution < 1.29 is 13.2 Å². The van der Waals surface area contributed by atoms with Gasteiger partial charge in [-0.05, 0) is 31.0 Å². The first kappa shape index (κ1) is 16.8. The number of rotatable bonds is 3. The Morgan fingerprint density at radius 3 is 2.83 bits per heavy atom. The highest BCUT2D eigenvalue weighted by molar-refractivity contribution is 7.91. The van der Waals surface area contributed by atoms with Crippen LogP contribution in [-0.4, -0.2) is 56.9 Å². The van der Waals surface area contributed by atoms with Gasteiger partial charge >= 0.3 is 0 Å². The maximum Gasteiger partial charge on any atom is 0.226 e. The Bertz CT molecular complexity index is 785. The minimum atomic E-state index is -3.04. The molecule has 6 nitrogen and oxygen atoms in total. The maximum absolute atomic E-state index is 12.5. The lowest BCUT2D eigenvalue weighted by Gasteiger charge is -2.27. The fraction of sp³-hybridized carbons (Fsp3) is 0.529. The van der Waals surface area contributed by atoms with Crippen molar-refractivity contribution in [2.45, 2.75) is 18.9 Å². The molecule has 3 rings (SSSR count). The molecule has 128 valence electrons. The first-order valence-electron chi connectivity index (χ1n) is 8.12. The van der Waals surface area contributed by atoms with E-state index in [1.54, 1.807) is 11.0 Å². The van der Waals surface area contributed by atoms with E-state index in [0.717, 1.165) is 12.1 Å². The van der Waals surface area contributed by atoms with E-state index >= 15 is 0 Å². The Morgan fingerprint density at radius 2 is 2.17 bits per heavy atom. The lowest BCUT2D eigenvalue weighted by atomic mass is 10.1. The van der Waals surface area contributed by atoms with Gasteiger partial charge in [-0.15, -0.1) is 0 Å². The third kappa shape index (κ3) is 3.39. The van der Waals surface area contributed by atoms with Gasteiger partial charge in [0, 0.05) is 31.9 Å². The Morgan fingerprint density at radius 1 is 1.38 bits per heavy atom. The highest BCUT2D eigenvalue weighted by atomic mass is 32.2. The zero-order valence-corrected chi connectivity index (χ0v) is 14.5. The van der Waals surface area contributed by atoms with Gasteiger partial charge in [0.15, 0.2) is 9.84 Å². The van der Waals surface area contributed by atoms with E-state index in [9.17, 15) is 13.2 Å². The van der Waals surface area contributed by atoms with Crippen molar-refractivity contribution in [2.75, 3.05) is 36.5 Å². The summed E-state index contributed by atoms with van der Waals surface area (Å²) < 4.78 is 23.1. The lowest BCUT2D eigenvalue weighted by Crippen LogP contribution is -2.39. The monoisotopic (exact) mass is 347 g/mol. The molecule has 0 aliphatic carbocycles. The quantitative estimate of drug-likeness (QED) is 0.816. The molecule has 1 aromatic rings. The smallest absolute Gasteiger partial charge is 0.226 e. The molecular weight excluding hydrogens is 326 g/mol. The molecule has 2 heterocycles. The number of carbonyl (C=O) groups is 1. The number of anilines is 1. The van der Waals surface area contributed by atoms with Crippen LogP contribution in [0.4, 0.5) is 5.69 Å². The van der Waals surface area contributed by atoms with Crippen LogP contribution in [0.3, 0.4) is 0 Å². The van der Waals surface area contributed by atoms with Crippen LogP contribution in [-0.2, 0) is 14.6 Å². The van der Waals surface area contributed by atoms with Crippen LogP contribution >= 0.6 is 0 Å². The standard InChI is InChI=1S/C17H21N3O3S/c1-19(15-4-2-3-13(9-15)10-18)16-5-7-20(11-16)17(21)14-6-8-24(22,23)12-14/h2-4,9,14,16H,5-8,11-12H2,1H3. The summed E-state index contributed by atoms with van der Waals surface area (Å²) in [6.07, 6.45) is 1.29. The molecule has 0 N–H and O–H groups in total. The predicted octanol–water partition coefficient (Wildman–Crippen LogP) is 1.03. The van der Waals surface area contributed by atoms with Gasteiger partial charge in [0.25, 0.3) is 0 Å². The Balaban J connectivity index is 1.64. The Hall–Kier alpha value is -2.07. The molecule has 0 radical (unpaired) electrons. The van der Waals surface area contributed by atoms with Gasteiger partial charge in [-0.2, -0.15) is 5.26 Å². The van der Waals surface area contributed by atoms with Gasteiger partial charge in [-0.1, -0.05) is 6.07 Å². The van der Waals surface area contributed by atoms with Gasteiger partial charge in [-0.25, -0.2) is 8.42 Å². The number of benzene rings is 1. The minimum Gasteiger partial charge on any atom is -0.370 e. The van der Waals surface area contributed by atoms with Gasteiger partial charge in [0.1, 0.15) is 0 Å². The summed E-state index contributed by atoms with van der Waals surface area (Å²) >= 11 is 0. The van der Waals surface area contributed by atoms with E-state index in [4.69, 9.17) is 5.26 Å². The molecule has 1 aromatic carbocycles. The summed E-state index contributed by atoms with van der Waals surface area (Å²) in [6, 6.07) is 9.73. The number of nitriles is 1. The van der Waals surface area contributed by atoms with E-state index in [0.29, 0.717) is 25.1 Å². The first-order valence-corrected chi connectivity index (χ1v) is 9.94. The highest BCUT2D eigenvalue weighted by Crippen LogP contribution is 2.26. The fourth-order valence-corrected chi connectivity index (χ4v) is 5.24. The number of nitrogens with zero attached hydrogens (tertiary/aromatic N) is 3. The van der Waals surface area contributed by atoms with E-state index in [1.165, 1.54) is 0 Å². The Labute approximate surface area is 142 Å². The molecule has 0 bridgehead atoms. The molecule has 0 spiro atoms. The number of amides is 1. The van der Waals surface area contributed by atoms with Gasteiger partial charge in [-0.3, -0.25) is 4.79 Å². The van der Waals surface area contributed by atoms with Crippen LogP contribution in [0.5, 0.6) is 0 Å². The van der Waals surface area contributed by atoms with Gasteiger partial charge in [0.2, 0.25) is 5.91 Å². The van der Waals surface area contributed by atoms with E-state index in [-0.39, 0.29) is 29.4 Å². The third-order valence-corrected chi connectivity index (χ3v) is 6.75. The first-order chi connectivity index (χ1) is 11.4. The molecule has 2 aliphatic heterocycles. The van der Waals surface area contributed by atoms with Crippen molar-refractivity contribution in [3.8, 4) is 6.07 Å². The second-order valence-corrected chi connectivity index (χ2v) is 8.83. The van der Waals surface area contributed by atoms with E-state index < -0.39 is 9.84 Å². The number of hydrogen-bond donors (Lipinski definition) is 0. The zero-order valence-electron chi connectivity index (χ0n) is 13.7. The number of carbonyl (C=O) groups excluding carboxylic acids is 1. The SMILES string of the molecule is CN(c1cccc(C#N)c1)C1CCN(C(=O)C2CCS(=O)(=O)C2)C1. The number of hydrogen-bond acceptors (Lipinski definition) is 5. The summed E-state index contributed by atoms with van der Waals surface area (Å²) in [6.45, 7) is 1.25. The van der Waals surface area contributed by atoms with Crippen LogP contribution in [0.1, 0.15) is 18.4 Å². The largest absolute Gasteiger partial charge is 0.370 e. The van der Waals surface area contributed by atoms with Gasteiger partial charge in [0.05, 0.1) is 29.1 Å². The van der Waals surface area contributed by atoms with Crippen molar-refractivity contribution >= 4 is 21.4 Å². The average molecular weight is 347 g/mol. The van der Waals surface area contributed by atoms with E-state index in [1.807, 2.05) is 25.2 Å². The summed E-state index contributed by atoms with van der Waals surface area (Å²) in [5.41, 5.74) is 1.57. The van der Waals surface area contributed by atoms with E-state index in [2.05, 4.69) is 11.0 Å². The van der Waals surface area contributed by atoms with Crippen LogP contribution in [0.15, 0.2) is 24.3 Å². The predicted molar refractivity (Wildman–Crippen MR) is 91.3 cm³/mol. The fourth-order valence-electron chi connectivity index (χ4n) is 3.51. The van der Waals surface area contributed by atoms with Crippen molar-refractivity contribution in [1.29, 1.82) is 5.26 Å². The zero-order chi connectivity index (χ0) is 17.3. The molecule has 24 heavy (non-hydrogen) atoms. The average Bonchev–Trinajstić information content (AvgIpc) is 3.20. The molecule has 2 unspecified atom stereocenters. The Kier molecular flexibility index (Phi) is 4.50. The minimum absolute atomic E-state index is 0.00689. The van der Waals surface area contributed by atoms with Crippen LogP contribution in [0.2, 0.25) is 0 Å². The lowest BCUT2D eigenvalue weighted by molar-refractivity contribution is -0.133. The summed E-state index contributed by atoms with van der Waals surface area (Å²) in [5.74, 6) is -0.284. The normalized spacial score (nSPS) is 25.4. The molecule has 0 saturated carbocycles. The van der Waals surface area contributed by atoms with Crippen LogP contribution in [0.25, 0.3) is 0 Å². The summed E-state index contributed by atoms with van der Waals surface area (Å²) in [7, 11) is -1.07. The topological polar surface area (TPSA) is 81.5 Å². The second-order valence-electron chi connectivity index (χ2n) is 6.60. The molecule has 2 saturated heterocycles. The van der Waals surface area contributed by atoms with Gasteiger partial charge < -0.3 is 9.80 Å².